The Kier molecular flexibility index (Phi) is 9.77. The summed E-state index contributed by atoms with van der Waals surface area (Å²) >= 11 is 9.77. The van der Waals surface area contributed by atoms with Crippen LogP contribution in [0.15, 0.2) is 25.6 Å². The maximum Gasteiger partial charge on any atom is 0.303 e. The van der Waals surface area contributed by atoms with E-state index in [0.29, 0.717) is 10.9 Å². The minimum absolute atomic E-state index is 0.232. The lowest BCUT2D eigenvalue weighted by molar-refractivity contribution is -0.137. The van der Waals surface area contributed by atoms with Crippen LogP contribution in [0.5, 0.6) is 5.75 Å². The molecule has 0 aromatic heterocycles. The van der Waals surface area contributed by atoms with E-state index in [1.54, 1.807) is 12.1 Å². The zero-order valence-electron chi connectivity index (χ0n) is 9.92. The molecule has 1 rings (SSSR count). The minimum Gasteiger partial charge on any atom is -0.507 e. The van der Waals surface area contributed by atoms with E-state index < -0.39 is 5.97 Å². The molecule has 1 aromatic rings. The number of hydrogen-bond acceptors (Lipinski definition) is 2. The van der Waals surface area contributed by atoms with Gasteiger partial charge in [-0.15, -0.1) is 0 Å². The topological polar surface area (TPSA) is 57.5 Å². The van der Waals surface area contributed by atoms with Crippen LogP contribution < -0.4 is 0 Å². The SMILES string of the molecule is CCCCCC(=O)O.Oc1ccc(Br)c(Br)c1Br. The standard InChI is InChI=1S/C6H3Br3O.C6H12O2/c7-3-1-2-4(10)6(9)5(3)8;1-2-3-4-5-6(7)8/h1-2,10H;2-5H2,1H3,(H,7,8). The summed E-state index contributed by atoms with van der Waals surface area (Å²) in [5, 5.41) is 17.3. The Balaban J connectivity index is 0.000000331. The fourth-order valence-corrected chi connectivity index (χ4v) is 2.32. The van der Waals surface area contributed by atoms with Crippen LogP contribution in [-0.4, -0.2) is 16.2 Å². The molecule has 6 heteroatoms. The van der Waals surface area contributed by atoms with Crippen molar-refractivity contribution < 1.29 is 15.0 Å². The van der Waals surface area contributed by atoms with Crippen molar-refractivity contribution in [1.82, 2.24) is 0 Å². The molecule has 2 N–H and O–H groups in total. The molecular weight excluding hydrogens is 432 g/mol. The largest absolute Gasteiger partial charge is 0.507 e. The number of carboxylic acids is 1. The number of benzene rings is 1. The first-order valence-corrected chi connectivity index (χ1v) is 7.82. The molecule has 0 saturated heterocycles. The van der Waals surface area contributed by atoms with E-state index in [1.807, 2.05) is 0 Å². The molecule has 0 aliphatic carbocycles. The van der Waals surface area contributed by atoms with Gasteiger partial charge in [0.05, 0.1) is 4.47 Å². The Morgan fingerprint density at radius 1 is 1.17 bits per heavy atom. The van der Waals surface area contributed by atoms with Gasteiger partial charge in [-0.1, -0.05) is 19.8 Å². The normalized spacial score (nSPS) is 9.56. The first-order chi connectivity index (χ1) is 8.40. The van der Waals surface area contributed by atoms with Crippen LogP contribution in [-0.2, 0) is 4.79 Å². The van der Waals surface area contributed by atoms with Crippen LogP contribution in [0.4, 0.5) is 0 Å². The van der Waals surface area contributed by atoms with E-state index in [-0.39, 0.29) is 5.75 Å². The second kappa shape index (κ2) is 9.81. The zero-order chi connectivity index (χ0) is 14.1. The maximum atomic E-state index is 9.87. The number of phenols is 1. The Hall–Kier alpha value is -0.0700. The van der Waals surface area contributed by atoms with Gasteiger partial charge in [0.2, 0.25) is 0 Å². The van der Waals surface area contributed by atoms with E-state index in [0.717, 1.165) is 28.2 Å². The van der Waals surface area contributed by atoms with E-state index in [1.165, 1.54) is 0 Å². The highest BCUT2D eigenvalue weighted by Crippen LogP contribution is 2.36. The summed E-state index contributed by atoms with van der Waals surface area (Å²) in [5.74, 6) is -0.450. The molecule has 0 bridgehead atoms. The summed E-state index contributed by atoms with van der Waals surface area (Å²) < 4.78 is 2.41. The second-order valence-corrected chi connectivity index (χ2v) is 5.99. The van der Waals surface area contributed by atoms with Gasteiger partial charge in [-0.2, -0.15) is 0 Å². The maximum absolute atomic E-state index is 9.87. The van der Waals surface area contributed by atoms with Gasteiger partial charge < -0.3 is 10.2 Å². The number of unbranched alkanes of at least 4 members (excludes halogenated alkanes) is 2. The molecule has 0 saturated carbocycles. The Morgan fingerprint density at radius 3 is 2.22 bits per heavy atom. The third-order valence-electron chi connectivity index (χ3n) is 2.01. The Bertz CT molecular complexity index is 367. The van der Waals surface area contributed by atoms with Crippen LogP contribution in [0.25, 0.3) is 0 Å². The molecule has 18 heavy (non-hydrogen) atoms. The lowest BCUT2D eigenvalue weighted by Crippen LogP contribution is -1.92. The average molecular weight is 447 g/mol. The number of phenolic OH excluding ortho intramolecular Hbond substituents is 1. The minimum atomic E-state index is -0.682. The summed E-state index contributed by atoms with van der Waals surface area (Å²) in [6, 6.07) is 3.38. The molecule has 1 aromatic carbocycles. The van der Waals surface area contributed by atoms with Gasteiger partial charge >= 0.3 is 5.97 Å². The number of carboxylic acid groups (broad SMARTS) is 1. The van der Waals surface area contributed by atoms with Crippen molar-refractivity contribution in [2.45, 2.75) is 32.6 Å². The molecule has 3 nitrogen and oxygen atoms in total. The first-order valence-electron chi connectivity index (χ1n) is 5.44. The van der Waals surface area contributed by atoms with Crippen molar-refractivity contribution in [2.75, 3.05) is 0 Å². The van der Waals surface area contributed by atoms with Gasteiger partial charge in [0, 0.05) is 15.4 Å². The van der Waals surface area contributed by atoms with Crippen LogP contribution >= 0.6 is 47.8 Å². The third-order valence-corrected chi connectivity index (χ3v) is 5.36. The number of rotatable bonds is 4. The summed E-state index contributed by atoms with van der Waals surface area (Å²) in [7, 11) is 0. The third kappa shape index (κ3) is 7.38. The van der Waals surface area contributed by atoms with Crippen molar-refractivity contribution in [2.24, 2.45) is 0 Å². The van der Waals surface area contributed by atoms with Crippen LogP contribution in [0.3, 0.4) is 0 Å². The van der Waals surface area contributed by atoms with E-state index in [9.17, 15) is 4.79 Å². The predicted octanol–water partition coefficient (Wildman–Crippen LogP) is 5.33. The zero-order valence-corrected chi connectivity index (χ0v) is 14.7. The predicted molar refractivity (Wildman–Crippen MR) is 83.0 cm³/mol. The number of halogens is 3. The van der Waals surface area contributed by atoms with Gasteiger partial charge in [-0.25, -0.2) is 0 Å². The second-order valence-electron chi connectivity index (χ2n) is 3.55. The van der Waals surface area contributed by atoms with E-state index in [2.05, 4.69) is 54.7 Å². The number of carbonyl (C=O) groups is 1. The summed E-state index contributed by atoms with van der Waals surface area (Å²) in [5.41, 5.74) is 0. The summed E-state index contributed by atoms with van der Waals surface area (Å²) in [6.45, 7) is 2.06. The van der Waals surface area contributed by atoms with Gasteiger partial charge in [0.15, 0.2) is 0 Å². The van der Waals surface area contributed by atoms with E-state index >= 15 is 0 Å². The summed E-state index contributed by atoms with van der Waals surface area (Å²) in [4.78, 5) is 9.87. The number of aromatic hydroxyl groups is 1. The quantitative estimate of drug-likeness (QED) is 0.485. The summed E-state index contributed by atoms with van der Waals surface area (Å²) in [6.07, 6.45) is 3.28. The number of hydrogen-bond donors (Lipinski definition) is 2. The lowest BCUT2D eigenvalue weighted by Gasteiger charge is -2.00. The Morgan fingerprint density at radius 2 is 1.78 bits per heavy atom. The lowest BCUT2D eigenvalue weighted by atomic mass is 10.2. The monoisotopic (exact) mass is 444 g/mol. The van der Waals surface area contributed by atoms with Crippen molar-refractivity contribution in [3.63, 3.8) is 0 Å². The van der Waals surface area contributed by atoms with Crippen molar-refractivity contribution in [3.05, 3.63) is 25.6 Å². The van der Waals surface area contributed by atoms with E-state index in [4.69, 9.17) is 10.2 Å². The van der Waals surface area contributed by atoms with Crippen molar-refractivity contribution in [3.8, 4) is 5.75 Å². The molecule has 0 heterocycles. The average Bonchev–Trinajstić information content (AvgIpc) is 2.32. The highest BCUT2D eigenvalue weighted by atomic mass is 79.9. The van der Waals surface area contributed by atoms with Crippen molar-refractivity contribution >= 4 is 53.8 Å². The molecular formula is C12H15Br3O3. The van der Waals surface area contributed by atoms with Crippen LogP contribution in [0.2, 0.25) is 0 Å². The molecule has 0 unspecified atom stereocenters. The highest BCUT2D eigenvalue weighted by Gasteiger charge is 2.04. The fraction of sp³-hybridized carbons (Fsp3) is 0.417. The smallest absolute Gasteiger partial charge is 0.303 e. The first kappa shape index (κ1) is 17.9. The molecule has 0 aliphatic heterocycles. The molecule has 0 atom stereocenters. The Labute approximate surface area is 132 Å². The fourth-order valence-electron chi connectivity index (χ4n) is 1.04. The van der Waals surface area contributed by atoms with Gasteiger partial charge in [0.1, 0.15) is 5.75 Å². The molecule has 0 radical (unpaired) electrons. The van der Waals surface area contributed by atoms with Crippen molar-refractivity contribution in [1.29, 1.82) is 0 Å². The number of aliphatic carboxylic acids is 1. The molecule has 0 amide bonds. The van der Waals surface area contributed by atoms with Crippen LogP contribution in [0, 0.1) is 0 Å². The van der Waals surface area contributed by atoms with Gasteiger partial charge in [-0.05, 0) is 66.3 Å². The van der Waals surface area contributed by atoms with Crippen LogP contribution in [0.1, 0.15) is 32.6 Å². The molecule has 0 spiro atoms. The molecule has 102 valence electrons. The van der Waals surface area contributed by atoms with Gasteiger partial charge in [-0.3, -0.25) is 4.79 Å². The molecule has 0 aliphatic rings. The van der Waals surface area contributed by atoms with Gasteiger partial charge in [0.25, 0.3) is 0 Å². The molecule has 0 fully saturated rings. The highest BCUT2D eigenvalue weighted by molar-refractivity contribution is 9.14.